The number of rotatable bonds is 6. The highest BCUT2D eigenvalue weighted by molar-refractivity contribution is 7.92. The van der Waals surface area contributed by atoms with Crippen LogP contribution in [-0.4, -0.2) is 41.1 Å². The number of sulfone groups is 2. The van der Waals surface area contributed by atoms with E-state index in [1.165, 1.54) is 24.3 Å². The standard InChI is InChI=1S/C22H27FO6S2/c1-14(2)29-16-6-5-7-18(12-16)31(26,27)22-15(3)10-11-28-21(22)19-9-8-17(13-20(19)23)30(4,24)25/h5-9,12-15,21-22H,10-11H2,1-4H3/t15-,21?,22?/m1/s1. The molecule has 170 valence electrons. The summed E-state index contributed by atoms with van der Waals surface area (Å²) in [6, 6.07) is 9.73. The van der Waals surface area contributed by atoms with Gasteiger partial charge in [0.25, 0.3) is 0 Å². The van der Waals surface area contributed by atoms with Gasteiger partial charge in [-0.05, 0) is 56.5 Å². The summed E-state index contributed by atoms with van der Waals surface area (Å²) in [7, 11) is -7.51. The molecule has 0 aromatic heterocycles. The van der Waals surface area contributed by atoms with Gasteiger partial charge in [-0.3, -0.25) is 0 Å². The lowest BCUT2D eigenvalue weighted by Crippen LogP contribution is -2.40. The van der Waals surface area contributed by atoms with Crippen LogP contribution in [-0.2, 0) is 24.4 Å². The van der Waals surface area contributed by atoms with Crippen LogP contribution in [0.5, 0.6) is 5.75 Å². The van der Waals surface area contributed by atoms with E-state index in [1.807, 2.05) is 13.8 Å². The van der Waals surface area contributed by atoms with E-state index >= 15 is 0 Å². The Hall–Kier alpha value is -1.97. The molecule has 2 unspecified atom stereocenters. The third-order valence-electron chi connectivity index (χ3n) is 5.30. The van der Waals surface area contributed by atoms with Crippen molar-refractivity contribution in [2.45, 2.75) is 54.4 Å². The number of hydrogen-bond donors (Lipinski definition) is 0. The second-order valence-corrected chi connectivity index (χ2v) is 12.3. The molecule has 2 aromatic carbocycles. The van der Waals surface area contributed by atoms with Crippen molar-refractivity contribution in [3.63, 3.8) is 0 Å². The first-order valence-electron chi connectivity index (χ1n) is 10.0. The SMILES string of the molecule is CC(C)Oc1cccc(S(=O)(=O)C2C(c3ccc(S(C)(=O)=O)cc3F)OCC[C@H]2C)c1. The Labute approximate surface area is 183 Å². The fraction of sp³-hybridized carbons (Fsp3) is 0.455. The molecule has 2 aromatic rings. The summed E-state index contributed by atoms with van der Waals surface area (Å²) < 4.78 is 77.0. The van der Waals surface area contributed by atoms with Crippen LogP contribution in [0.1, 0.15) is 38.9 Å². The van der Waals surface area contributed by atoms with Gasteiger partial charge in [0, 0.05) is 18.4 Å². The van der Waals surface area contributed by atoms with Crippen molar-refractivity contribution in [2.24, 2.45) is 5.92 Å². The van der Waals surface area contributed by atoms with E-state index in [-0.39, 0.29) is 34.0 Å². The molecule has 1 aliphatic heterocycles. The van der Waals surface area contributed by atoms with Crippen LogP contribution in [0.15, 0.2) is 52.3 Å². The van der Waals surface area contributed by atoms with E-state index in [1.54, 1.807) is 19.1 Å². The van der Waals surface area contributed by atoms with Gasteiger partial charge in [-0.15, -0.1) is 0 Å². The zero-order valence-corrected chi connectivity index (χ0v) is 19.5. The largest absolute Gasteiger partial charge is 0.491 e. The monoisotopic (exact) mass is 470 g/mol. The summed E-state index contributed by atoms with van der Waals surface area (Å²) in [5, 5.41) is -1.03. The van der Waals surface area contributed by atoms with Gasteiger partial charge in [0.2, 0.25) is 0 Å². The summed E-state index contributed by atoms with van der Waals surface area (Å²) in [6.07, 6.45) is 0.313. The van der Waals surface area contributed by atoms with Crippen molar-refractivity contribution in [1.82, 2.24) is 0 Å². The molecule has 0 N–H and O–H groups in total. The number of benzene rings is 2. The Balaban J connectivity index is 2.05. The molecule has 3 atom stereocenters. The first kappa shape index (κ1) is 23.7. The maximum atomic E-state index is 14.9. The molecule has 0 saturated carbocycles. The Morgan fingerprint density at radius 3 is 2.39 bits per heavy atom. The van der Waals surface area contributed by atoms with E-state index in [2.05, 4.69) is 0 Å². The minimum atomic E-state index is -3.91. The van der Waals surface area contributed by atoms with Crippen molar-refractivity contribution in [1.29, 1.82) is 0 Å². The molecule has 1 saturated heterocycles. The average molecular weight is 471 g/mol. The second kappa shape index (κ2) is 8.88. The molecule has 1 aliphatic rings. The van der Waals surface area contributed by atoms with Crippen LogP contribution in [0.2, 0.25) is 0 Å². The minimum absolute atomic E-state index is 0.0297. The second-order valence-electron chi connectivity index (χ2n) is 8.16. The molecule has 0 amide bonds. The normalized spacial score (nSPS) is 22.5. The molecule has 9 heteroatoms. The van der Waals surface area contributed by atoms with Crippen LogP contribution in [0.4, 0.5) is 4.39 Å². The van der Waals surface area contributed by atoms with E-state index in [0.717, 1.165) is 12.3 Å². The topological polar surface area (TPSA) is 86.7 Å². The molecular weight excluding hydrogens is 443 g/mol. The lowest BCUT2D eigenvalue weighted by atomic mass is 9.92. The lowest BCUT2D eigenvalue weighted by molar-refractivity contribution is -0.00467. The van der Waals surface area contributed by atoms with Crippen LogP contribution < -0.4 is 4.74 Å². The van der Waals surface area contributed by atoms with Gasteiger partial charge in [0.05, 0.1) is 21.1 Å². The molecule has 3 rings (SSSR count). The number of halogens is 1. The van der Waals surface area contributed by atoms with Gasteiger partial charge in [-0.25, -0.2) is 21.2 Å². The third-order valence-corrected chi connectivity index (χ3v) is 8.75. The smallest absolute Gasteiger partial charge is 0.184 e. The molecule has 6 nitrogen and oxygen atoms in total. The van der Waals surface area contributed by atoms with Crippen LogP contribution in [0.25, 0.3) is 0 Å². The Bertz CT molecular complexity index is 1160. The van der Waals surface area contributed by atoms with Gasteiger partial charge in [-0.2, -0.15) is 0 Å². The van der Waals surface area contributed by atoms with E-state index < -0.39 is 36.8 Å². The van der Waals surface area contributed by atoms with Crippen LogP contribution in [0.3, 0.4) is 0 Å². The fourth-order valence-electron chi connectivity index (χ4n) is 3.80. The number of hydrogen-bond acceptors (Lipinski definition) is 6. The highest BCUT2D eigenvalue weighted by atomic mass is 32.2. The molecule has 0 radical (unpaired) electrons. The Morgan fingerprint density at radius 1 is 1.06 bits per heavy atom. The van der Waals surface area contributed by atoms with Gasteiger partial charge in [0.1, 0.15) is 17.7 Å². The Morgan fingerprint density at radius 2 is 1.77 bits per heavy atom. The molecule has 0 aliphatic carbocycles. The quantitative estimate of drug-likeness (QED) is 0.635. The lowest BCUT2D eigenvalue weighted by Gasteiger charge is -2.36. The maximum Gasteiger partial charge on any atom is 0.184 e. The summed E-state index contributed by atoms with van der Waals surface area (Å²) in [5.74, 6) is -0.674. The van der Waals surface area contributed by atoms with E-state index in [9.17, 15) is 21.2 Å². The Kier molecular flexibility index (Phi) is 6.78. The van der Waals surface area contributed by atoms with Crippen molar-refractivity contribution >= 4 is 19.7 Å². The van der Waals surface area contributed by atoms with Crippen LogP contribution >= 0.6 is 0 Å². The predicted octanol–water partition coefficient (Wildman–Crippen LogP) is 3.96. The third kappa shape index (κ3) is 5.10. The van der Waals surface area contributed by atoms with Crippen molar-refractivity contribution < 1.29 is 30.7 Å². The van der Waals surface area contributed by atoms with Gasteiger partial charge in [-0.1, -0.05) is 19.1 Å². The molecule has 1 fully saturated rings. The molecule has 31 heavy (non-hydrogen) atoms. The van der Waals surface area contributed by atoms with Crippen molar-refractivity contribution in [3.05, 3.63) is 53.8 Å². The zero-order valence-electron chi connectivity index (χ0n) is 17.9. The fourth-order valence-corrected chi connectivity index (χ4v) is 6.59. The first-order chi connectivity index (χ1) is 14.4. The molecule has 1 heterocycles. The minimum Gasteiger partial charge on any atom is -0.491 e. The van der Waals surface area contributed by atoms with E-state index in [0.29, 0.717) is 12.2 Å². The highest BCUT2D eigenvalue weighted by Crippen LogP contribution is 2.41. The van der Waals surface area contributed by atoms with Crippen molar-refractivity contribution in [2.75, 3.05) is 12.9 Å². The first-order valence-corrected chi connectivity index (χ1v) is 13.5. The zero-order chi connectivity index (χ0) is 23.0. The number of ether oxygens (including phenoxy) is 2. The summed E-state index contributed by atoms with van der Waals surface area (Å²) in [5.41, 5.74) is 0.0297. The highest BCUT2D eigenvalue weighted by Gasteiger charge is 2.44. The summed E-state index contributed by atoms with van der Waals surface area (Å²) in [4.78, 5) is -0.0956. The van der Waals surface area contributed by atoms with Gasteiger partial charge < -0.3 is 9.47 Å². The maximum absolute atomic E-state index is 14.9. The average Bonchev–Trinajstić information content (AvgIpc) is 2.66. The summed E-state index contributed by atoms with van der Waals surface area (Å²) >= 11 is 0. The van der Waals surface area contributed by atoms with Gasteiger partial charge in [0.15, 0.2) is 19.7 Å². The predicted molar refractivity (Wildman–Crippen MR) is 115 cm³/mol. The van der Waals surface area contributed by atoms with Crippen LogP contribution in [0, 0.1) is 11.7 Å². The molecular formula is C22H27FO6S2. The molecule has 0 spiro atoms. The van der Waals surface area contributed by atoms with E-state index in [4.69, 9.17) is 9.47 Å². The summed E-state index contributed by atoms with van der Waals surface area (Å²) in [6.45, 7) is 5.77. The molecule has 0 bridgehead atoms. The van der Waals surface area contributed by atoms with Gasteiger partial charge >= 0.3 is 0 Å². The van der Waals surface area contributed by atoms with Crippen molar-refractivity contribution in [3.8, 4) is 5.75 Å².